The van der Waals surface area contributed by atoms with Gasteiger partial charge in [-0.05, 0) is 31.5 Å². The normalized spacial score (nSPS) is 13.1. The summed E-state index contributed by atoms with van der Waals surface area (Å²) in [6.45, 7) is 3.33. The van der Waals surface area contributed by atoms with E-state index in [1.165, 1.54) is 0 Å². The number of nitrogens with one attached hydrogen (secondary N) is 1. The van der Waals surface area contributed by atoms with Gasteiger partial charge in [0.05, 0.1) is 10.8 Å². The second kappa shape index (κ2) is 5.58. The Balaban J connectivity index is 2.38. The first kappa shape index (κ1) is 14.5. The second-order valence-corrected chi connectivity index (χ2v) is 6.67. The summed E-state index contributed by atoms with van der Waals surface area (Å²) in [5.41, 5.74) is 0.962. The van der Waals surface area contributed by atoms with Crippen molar-refractivity contribution in [1.82, 2.24) is 9.71 Å². The Labute approximate surface area is 118 Å². The van der Waals surface area contributed by atoms with Gasteiger partial charge in [0.1, 0.15) is 0 Å². The second-order valence-electron chi connectivity index (χ2n) is 4.57. The number of rotatable bonds is 4. The van der Waals surface area contributed by atoms with Gasteiger partial charge in [-0.15, -0.1) is 0 Å². The zero-order chi connectivity index (χ0) is 14.8. The lowest BCUT2D eigenvalue weighted by atomic mass is 10.1. The van der Waals surface area contributed by atoms with Crippen molar-refractivity contribution < 1.29 is 13.2 Å². The van der Waals surface area contributed by atoms with Gasteiger partial charge in [0.2, 0.25) is 10.0 Å². The van der Waals surface area contributed by atoms with Gasteiger partial charge in [0.25, 0.3) is 5.91 Å². The van der Waals surface area contributed by atoms with Crippen LogP contribution in [0.1, 0.15) is 30.6 Å². The van der Waals surface area contributed by atoms with Gasteiger partial charge in [0.15, 0.2) is 0 Å². The zero-order valence-corrected chi connectivity index (χ0v) is 12.1. The molecule has 0 aliphatic carbocycles. The number of hydrogen-bond acceptors (Lipinski definition) is 4. The molecule has 20 heavy (non-hydrogen) atoms. The molecule has 2 aromatic rings. The number of hydrogen-bond donors (Lipinski definition) is 1. The third kappa shape index (κ3) is 2.80. The van der Waals surface area contributed by atoms with E-state index in [4.69, 9.17) is 0 Å². The average Bonchev–Trinajstić information content (AvgIpc) is 2.45. The molecule has 2 rings (SSSR count). The average molecular weight is 292 g/mol. The smallest absolute Gasteiger partial charge is 0.265 e. The van der Waals surface area contributed by atoms with Crippen LogP contribution >= 0.6 is 0 Å². The van der Waals surface area contributed by atoms with Gasteiger partial charge < -0.3 is 0 Å². The fourth-order valence-electron chi connectivity index (χ4n) is 1.81. The molecular formula is C14H16N2O3S. The SMILES string of the molecule is CC[C@@H](C)S(=O)(=O)NC(=O)c1cccc2ncccc12. The quantitative estimate of drug-likeness (QED) is 0.936. The molecule has 0 aliphatic rings. The highest BCUT2D eigenvalue weighted by molar-refractivity contribution is 7.90. The molecule has 0 unspecified atom stereocenters. The first-order chi connectivity index (χ1) is 9.45. The van der Waals surface area contributed by atoms with Crippen LogP contribution in [-0.4, -0.2) is 24.6 Å². The van der Waals surface area contributed by atoms with Gasteiger partial charge >= 0.3 is 0 Å². The monoisotopic (exact) mass is 292 g/mol. The van der Waals surface area contributed by atoms with Crippen LogP contribution < -0.4 is 4.72 Å². The summed E-state index contributed by atoms with van der Waals surface area (Å²) in [5, 5.41) is 0.0198. The van der Waals surface area contributed by atoms with Crippen molar-refractivity contribution in [3.63, 3.8) is 0 Å². The van der Waals surface area contributed by atoms with Crippen LogP contribution in [0.5, 0.6) is 0 Å². The van der Waals surface area contributed by atoms with Crippen LogP contribution in [0, 0.1) is 0 Å². The molecule has 0 bridgehead atoms. The highest BCUT2D eigenvalue weighted by Gasteiger charge is 2.23. The molecule has 0 saturated carbocycles. The highest BCUT2D eigenvalue weighted by Crippen LogP contribution is 2.17. The maximum absolute atomic E-state index is 12.2. The van der Waals surface area contributed by atoms with E-state index in [0.29, 0.717) is 22.9 Å². The Kier molecular flexibility index (Phi) is 4.04. The minimum atomic E-state index is -3.65. The molecule has 5 nitrogen and oxygen atoms in total. The summed E-state index contributed by atoms with van der Waals surface area (Å²) >= 11 is 0. The minimum Gasteiger partial charge on any atom is -0.268 e. The summed E-state index contributed by atoms with van der Waals surface area (Å²) in [4.78, 5) is 16.3. The van der Waals surface area contributed by atoms with Crippen LogP contribution in [0.2, 0.25) is 0 Å². The maximum Gasteiger partial charge on any atom is 0.265 e. The Morgan fingerprint density at radius 3 is 2.75 bits per heavy atom. The predicted molar refractivity (Wildman–Crippen MR) is 77.9 cm³/mol. The van der Waals surface area contributed by atoms with Crippen molar-refractivity contribution in [2.45, 2.75) is 25.5 Å². The number of carbonyl (C=O) groups is 1. The lowest BCUT2D eigenvalue weighted by molar-refractivity contribution is 0.0982. The van der Waals surface area contributed by atoms with Crippen LogP contribution in [0.3, 0.4) is 0 Å². The Morgan fingerprint density at radius 1 is 1.30 bits per heavy atom. The molecule has 1 amide bonds. The van der Waals surface area contributed by atoms with Gasteiger partial charge in [-0.25, -0.2) is 13.1 Å². The molecule has 0 radical (unpaired) electrons. The van der Waals surface area contributed by atoms with Crippen LogP contribution in [0.4, 0.5) is 0 Å². The number of pyridine rings is 1. The number of carbonyl (C=O) groups excluding carboxylic acids is 1. The minimum absolute atomic E-state index is 0.308. The van der Waals surface area contributed by atoms with Crippen LogP contribution in [0.15, 0.2) is 36.5 Å². The van der Waals surface area contributed by atoms with Gasteiger partial charge in [-0.1, -0.05) is 19.1 Å². The van der Waals surface area contributed by atoms with Crippen molar-refractivity contribution >= 4 is 26.8 Å². The van der Waals surface area contributed by atoms with Crippen LogP contribution in [-0.2, 0) is 10.0 Å². The summed E-state index contributed by atoms with van der Waals surface area (Å²) in [6.07, 6.45) is 2.07. The number of aromatic nitrogens is 1. The molecule has 1 aromatic heterocycles. The van der Waals surface area contributed by atoms with Crippen molar-refractivity contribution in [2.24, 2.45) is 0 Å². The molecule has 6 heteroatoms. The van der Waals surface area contributed by atoms with E-state index < -0.39 is 21.2 Å². The maximum atomic E-state index is 12.2. The summed E-state index contributed by atoms with van der Waals surface area (Å²) < 4.78 is 26.0. The summed E-state index contributed by atoms with van der Waals surface area (Å²) in [6, 6.07) is 8.50. The number of fused-ring (bicyclic) bond motifs is 1. The van der Waals surface area contributed by atoms with Gasteiger partial charge in [0, 0.05) is 17.1 Å². The molecular weight excluding hydrogens is 276 g/mol. The van der Waals surface area contributed by atoms with Gasteiger partial charge in [-0.2, -0.15) is 0 Å². The van der Waals surface area contributed by atoms with Crippen molar-refractivity contribution in [3.8, 4) is 0 Å². The standard InChI is InChI=1S/C14H16N2O3S/c1-3-10(2)20(18,19)16-14(17)12-6-4-8-13-11(12)7-5-9-15-13/h4-10H,3H2,1-2H3,(H,16,17)/t10-/m1/s1. The summed E-state index contributed by atoms with van der Waals surface area (Å²) in [7, 11) is -3.65. The molecule has 1 N–H and O–H groups in total. The first-order valence-corrected chi connectivity index (χ1v) is 7.90. The fourth-order valence-corrected chi connectivity index (χ4v) is 2.81. The fraction of sp³-hybridized carbons (Fsp3) is 0.286. The van der Waals surface area contributed by atoms with E-state index in [-0.39, 0.29) is 0 Å². The van der Waals surface area contributed by atoms with Crippen LogP contribution in [0.25, 0.3) is 10.9 Å². The van der Waals surface area contributed by atoms with Crippen molar-refractivity contribution in [1.29, 1.82) is 0 Å². The predicted octanol–water partition coefficient (Wildman–Crippen LogP) is 2.09. The molecule has 0 fully saturated rings. The Hall–Kier alpha value is -1.95. The third-order valence-electron chi connectivity index (χ3n) is 3.23. The zero-order valence-electron chi connectivity index (χ0n) is 11.3. The lowest BCUT2D eigenvalue weighted by Crippen LogP contribution is -2.36. The molecule has 1 atom stereocenters. The van der Waals surface area contributed by atoms with E-state index in [9.17, 15) is 13.2 Å². The van der Waals surface area contributed by atoms with Crippen molar-refractivity contribution in [2.75, 3.05) is 0 Å². The number of benzene rings is 1. The number of amides is 1. The highest BCUT2D eigenvalue weighted by atomic mass is 32.2. The van der Waals surface area contributed by atoms with E-state index in [1.54, 1.807) is 50.4 Å². The van der Waals surface area contributed by atoms with Gasteiger partial charge in [-0.3, -0.25) is 9.78 Å². The number of sulfonamides is 1. The number of nitrogens with zero attached hydrogens (tertiary/aromatic N) is 1. The van der Waals surface area contributed by atoms with E-state index >= 15 is 0 Å². The molecule has 1 heterocycles. The first-order valence-electron chi connectivity index (χ1n) is 6.35. The Morgan fingerprint density at radius 2 is 2.05 bits per heavy atom. The largest absolute Gasteiger partial charge is 0.268 e. The third-order valence-corrected chi connectivity index (χ3v) is 5.09. The van der Waals surface area contributed by atoms with E-state index in [2.05, 4.69) is 9.71 Å². The lowest BCUT2D eigenvalue weighted by Gasteiger charge is -2.12. The topological polar surface area (TPSA) is 76.1 Å². The molecule has 1 aromatic carbocycles. The summed E-state index contributed by atoms with van der Waals surface area (Å²) in [5.74, 6) is -0.621. The molecule has 0 saturated heterocycles. The molecule has 0 spiro atoms. The van der Waals surface area contributed by atoms with Crippen molar-refractivity contribution in [3.05, 3.63) is 42.1 Å². The van der Waals surface area contributed by atoms with E-state index in [1.807, 2.05) is 0 Å². The van der Waals surface area contributed by atoms with E-state index in [0.717, 1.165) is 0 Å². The Bertz CT molecular complexity index is 736. The molecule has 0 aliphatic heterocycles. The molecule has 106 valence electrons.